The molecule has 2 rings (SSSR count). The lowest BCUT2D eigenvalue weighted by atomic mass is 10.2. The molecule has 0 atom stereocenters. The highest BCUT2D eigenvalue weighted by Crippen LogP contribution is 2.19. The number of nitrogens with zero attached hydrogens (tertiary/aromatic N) is 3. The van der Waals surface area contributed by atoms with Gasteiger partial charge in [-0.25, -0.2) is 0 Å². The lowest BCUT2D eigenvalue weighted by molar-refractivity contribution is -0.387. The van der Waals surface area contributed by atoms with Crippen molar-refractivity contribution in [3.8, 4) is 0 Å². The number of carbonyl (C=O) groups is 1. The molecule has 0 aromatic heterocycles. The lowest BCUT2D eigenvalue weighted by Gasteiger charge is -2.21. The van der Waals surface area contributed by atoms with Gasteiger partial charge in [-0.1, -0.05) is 6.07 Å². The van der Waals surface area contributed by atoms with Crippen LogP contribution in [0.15, 0.2) is 18.2 Å². The summed E-state index contributed by atoms with van der Waals surface area (Å²) in [5, 5.41) is 10.6. The van der Waals surface area contributed by atoms with Gasteiger partial charge in [0.15, 0.2) is 0 Å². The standard InChI is InChI=1S/C14H18FN3O3/c1-11(19)17-6-2-5-16(7-8-17)10-12-3-4-14(18(20)21)13(15)9-12/h3-4,9H,2,5-8,10H2,1H3. The summed E-state index contributed by atoms with van der Waals surface area (Å²) in [7, 11) is 0. The molecule has 1 aliphatic rings. The molecule has 0 unspecified atom stereocenters. The van der Waals surface area contributed by atoms with E-state index in [1.54, 1.807) is 17.9 Å². The van der Waals surface area contributed by atoms with Crippen LogP contribution < -0.4 is 0 Å². The lowest BCUT2D eigenvalue weighted by Crippen LogP contribution is -2.33. The van der Waals surface area contributed by atoms with Crippen molar-refractivity contribution < 1.29 is 14.1 Å². The summed E-state index contributed by atoms with van der Waals surface area (Å²) in [6.07, 6.45) is 0.870. The minimum atomic E-state index is -0.808. The van der Waals surface area contributed by atoms with Crippen LogP contribution >= 0.6 is 0 Å². The van der Waals surface area contributed by atoms with Crippen molar-refractivity contribution in [2.45, 2.75) is 19.9 Å². The van der Waals surface area contributed by atoms with Crippen LogP contribution in [0.5, 0.6) is 0 Å². The van der Waals surface area contributed by atoms with Gasteiger partial charge in [-0.2, -0.15) is 4.39 Å². The maximum Gasteiger partial charge on any atom is 0.304 e. The van der Waals surface area contributed by atoms with Crippen LogP contribution in [0.25, 0.3) is 0 Å². The predicted octanol–water partition coefficient (Wildman–Crippen LogP) is 1.79. The average Bonchev–Trinajstić information content (AvgIpc) is 2.64. The van der Waals surface area contributed by atoms with Crippen LogP contribution in [0.1, 0.15) is 18.9 Å². The molecule has 0 radical (unpaired) electrons. The number of nitro benzene ring substituents is 1. The average molecular weight is 295 g/mol. The summed E-state index contributed by atoms with van der Waals surface area (Å²) in [6.45, 7) is 5.02. The van der Waals surface area contributed by atoms with Crippen molar-refractivity contribution in [1.82, 2.24) is 9.80 Å². The molecule has 1 heterocycles. The number of carbonyl (C=O) groups excluding carboxylic acids is 1. The van der Waals surface area contributed by atoms with Crippen molar-refractivity contribution in [2.75, 3.05) is 26.2 Å². The number of nitro groups is 1. The monoisotopic (exact) mass is 295 g/mol. The molecule has 0 N–H and O–H groups in total. The summed E-state index contributed by atoms with van der Waals surface area (Å²) in [6, 6.07) is 3.99. The van der Waals surface area contributed by atoms with Crippen molar-refractivity contribution in [3.63, 3.8) is 0 Å². The first kappa shape index (κ1) is 15.4. The van der Waals surface area contributed by atoms with E-state index in [1.807, 2.05) is 0 Å². The Morgan fingerprint density at radius 1 is 1.33 bits per heavy atom. The van der Waals surface area contributed by atoms with E-state index in [2.05, 4.69) is 4.90 Å². The molecule has 0 bridgehead atoms. The fraction of sp³-hybridized carbons (Fsp3) is 0.500. The summed E-state index contributed by atoms with van der Waals surface area (Å²) < 4.78 is 13.6. The number of hydrogen-bond donors (Lipinski definition) is 0. The molecule has 1 aromatic rings. The second-order valence-electron chi connectivity index (χ2n) is 5.18. The number of benzene rings is 1. The summed E-state index contributed by atoms with van der Waals surface area (Å²) in [5.41, 5.74) is 0.201. The molecule has 6 nitrogen and oxygen atoms in total. The highest BCUT2D eigenvalue weighted by molar-refractivity contribution is 5.73. The van der Waals surface area contributed by atoms with Crippen LogP contribution in [0.3, 0.4) is 0 Å². The summed E-state index contributed by atoms with van der Waals surface area (Å²) >= 11 is 0. The van der Waals surface area contributed by atoms with Gasteiger partial charge in [0.1, 0.15) is 0 Å². The third kappa shape index (κ3) is 3.98. The van der Waals surface area contributed by atoms with Gasteiger partial charge in [-0.15, -0.1) is 0 Å². The molecule has 0 aliphatic carbocycles. The van der Waals surface area contributed by atoms with Crippen molar-refractivity contribution >= 4 is 11.6 Å². The molecular formula is C14H18FN3O3. The topological polar surface area (TPSA) is 66.7 Å². The Kier molecular flexibility index (Phi) is 4.85. The summed E-state index contributed by atoms with van der Waals surface area (Å²) in [4.78, 5) is 25.1. The molecule has 1 saturated heterocycles. The fourth-order valence-corrected chi connectivity index (χ4v) is 2.50. The molecule has 114 valence electrons. The van der Waals surface area contributed by atoms with E-state index < -0.39 is 16.4 Å². The van der Waals surface area contributed by atoms with E-state index in [0.717, 1.165) is 26.1 Å². The van der Waals surface area contributed by atoms with Crippen LogP contribution in [-0.2, 0) is 11.3 Å². The smallest absolute Gasteiger partial charge is 0.304 e. The van der Waals surface area contributed by atoms with Gasteiger partial charge < -0.3 is 4.90 Å². The minimum Gasteiger partial charge on any atom is -0.342 e. The SMILES string of the molecule is CC(=O)N1CCCN(Cc2ccc([N+](=O)[O-])c(F)c2)CC1. The molecular weight excluding hydrogens is 277 g/mol. The first-order valence-electron chi connectivity index (χ1n) is 6.88. The Bertz CT molecular complexity index is 550. The van der Waals surface area contributed by atoms with Gasteiger partial charge in [0.05, 0.1) is 4.92 Å². The number of amides is 1. The minimum absolute atomic E-state index is 0.0678. The van der Waals surface area contributed by atoms with Gasteiger partial charge in [-0.3, -0.25) is 19.8 Å². The van der Waals surface area contributed by atoms with Crippen LogP contribution in [0.2, 0.25) is 0 Å². The summed E-state index contributed by atoms with van der Waals surface area (Å²) in [5.74, 6) is -0.740. The highest BCUT2D eigenvalue weighted by atomic mass is 19.1. The Labute approximate surface area is 122 Å². The second-order valence-corrected chi connectivity index (χ2v) is 5.18. The van der Waals surface area contributed by atoms with Gasteiger partial charge in [0.25, 0.3) is 0 Å². The van der Waals surface area contributed by atoms with Crippen LogP contribution in [0.4, 0.5) is 10.1 Å². The zero-order valence-electron chi connectivity index (χ0n) is 11.9. The van der Waals surface area contributed by atoms with Crippen molar-refractivity contribution in [1.29, 1.82) is 0 Å². The molecule has 7 heteroatoms. The second kappa shape index (κ2) is 6.62. The maximum absolute atomic E-state index is 13.6. The molecule has 1 aromatic carbocycles. The van der Waals surface area contributed by atoms with Crippen molar-refractivity contribution in [3.05, 3.63) is 39.7 Å². The molecule has 1 fully saturated rings. The Hall–Kier alpha value is -2.02. The first-order valence-corrected chi connectivity index (χ1v) is 6.88. The van der Waals surface area contributed by atoms with Crippen molar-refractivity contribution in [2.24, 2.45) is 0 Å². The van der Waals surface area contributed by atoms with Crippen LogP contribution in [-0.4, -0.2) is 46.8 Å². The molecule has 21 heavy (non-hydrogen) atoms. The van der Waals surface area contributed by atoms with E-state index in [1.165, 1.54) is 12.1 Å². The molecule has 1 amide bonds. The van der Waals surface area contributed by atoms with Gasteiger partial charge >= 0.3 is 5.69 Å². The number of rotatable bonds is 3. The first-order chi connectivity index (χ1) is 9.97. The maximum atomic E-state index is 13.6. The largest absolute Gasteiger partial charge is 0.342 e. The van der Waals surface area contributed by atoms with E-state index in [9.17, 15) is 19.3 Å². The normalized spacial score (nSPS) is 16.6. The van der Waals surface area contributed by atoms with Gasteiger partial charge in [0.2, 0.25) is 11.7 Å². The zero-order valence-corrected chi connectivity index (χ0v) is 11.9. The zero-order chi connectivity index (χ0) is 15.4. The van der Waals surface area contributed by atoms with Gasteiger partial charge in [0, 0.05) is 45.7 Å². The molecule has 1 aliphatic heterocycles. The van der Waals surface area contributed by atoms with Crippen LogP contribution in [0, 0.1) is 15.9 Å². The number of hydrogen-bond acceptors (Lipinski definition) is 4. The predicted molar refractivity (Wildman–Crippen MR) is 75.2 cm³/mol. The molecule has 0 spiro atoms. The third-order valence-corrected chi connectivity index (χ3v) is 3.65. The Morgan fingerprint density at radius 2 is 2.10 bits per heavy atom. The Morgan fingerprint density at radius 3 is 2.71 bits per heavy atom. The van der Waals surface area contributed by atoms with E-state index in [4.69, 9.17) is 0 Å². The van der Waals surface area contributed by atoms with E-state index >= 15 is 0 Å². The highest BCUT2D eigenvalue weighted by Gasteiger charge is 2.18. The third-order valence-electron chi connectivity index (χ3n) is 3.65. The van der Waals surface area contributed by atoms with E-state index in [-0.39, 0.29) is 5.91 Å². The fourth-order valence-electron chi connectivity index (χ4n) is 2.50. The Balaban J connectivity index is 2.00. The van der Waals surface area contributed by atoms with Gasteiger partial charge in [-0.05, 0) is 18.1 Å². The molecule has 0 saturated carbocycles. The van der Waals surface area contributed by atoms with E-state index in [0.29, 0.717) is 18.7 Å². The number of halogens is 1. The quantitative estimate of drug-likeness (QED) is 0.630.